The Kier molecular flexibility index (Phi) is 5.31. The van der Waals surface area contributed by atoms with E-state index < -0.39 is 29.3 Å². The first-order chi connectivity index (χ1) is 11.0. The van der Waals surface area contributed by atoms with Crippen LogP contribution in [-0.4, -0.2) is 29.8 Å². The Morgan fingerprint density at radius 3 is 2.87 bits per heavy atom. The second-order valence-corrected chi connectivity index (χ2v) is 5.45. The van der Waals surface area contributed by atoms with Gasteiger partial charge in [-0.25, -0.2) is 0 Å². The minimum atomic E-state index is -0.787. The van der Waals surface area contributed by atoms with Gasteiger partial charge in [0.05, 0.1) is 18.8 Å². The zero-order chi connectivity index (χ0) is 17.0. The summed E-state index contributed by atoms with van der Waals surface area (Å²) in [6.45, 7) is 3.18. The third-order valence-corrected chi connectivity index (χ3v) is 4.05. The van der Waals surface area contributed by atoms with Crippen molar-refractivity contribution in [2.24, 2.45) is 5.92 Å². The number of esters is 1. The van der Waals surface area contributed by atoms with Crippen LogP contribution in [0, 0.1) is 16.0 Å². The average molecular weight is 321 g/mol. The fourth-order valence-electron chi connectivity index (χ4n) is 3.00. The molecule has 1 heterocycles. The summed E-state index contributed by atoms with van der Waals surface area (Å²) in [5, 5.41) is 11.0. The number of furan rings is 1. The van der Waals surface area contributed by atoms with Crippen molar-refractivity contribution in [3.8, 4) is 0 Å². The van der Waals surface area contributed by atoms with Crippen molar-refractivity contribution in [3.63, 3.8) is 0 Å². The maximum atomic E-state index is 12.4. The van der Waals surface area contributed by atoms with Gasteiger partial charge in [0.2, 0.25) is 6.54 Å². The second kappa shape index (κ2) is 7.21. The molecule has 0 aromatic carbocycles. The minimum Gasteiger partial charge on any atom is -0.468 e. The smallest absolute Gasteiger partial charge is 0.313 e. The van der Waals surface area contributed by atoms with Crippen LogP contribution in [0.3, 0.4) is 0 Å². The predicted molar refractivity (Wildman–Crippen MR) is 80.4 cm³/mol. The Morgan fingerprint density at radius 2 is 2.30 bits per heavy atom. The van der Waals surface area contributed by atoms with E-state index in [1.165, 1.54) is 6.26 Å². The number of hydrogen-bond acceptors (Lipinski definition) is 6. The molecule has 0 bridgehead atoms. The molecule has 0 radical (unpaired) electrons. The normalized spacial score (nSPS) is 19.6. The number of ketones is 1. The molecule has 0 spiro atoms. The molecule has 7 nitrogen and oxygen atoms in total. The molecule has 1 aromatic rings. The van der Waals surface area contributed by atoms with Crippen LogP contribution in [0.15, 0.2) is 34.0 Å². The highest BCUT2D eigenvalue weighted by Gasteiger charge is 2.38. The minimum absolute atomic E-state index is 0.172. The molecular formula is C16H19NO6. The molecule has 0 aliphatic heterocycles. The summed E-state index contributed by atoms with van der Waals surface area (Å²) in [5.41, 5.74) is 0.851. The molecule has 0 amide bonds. The summed E-state index contributed by atoms with van der Waals surface area (Å²) in [6.07, 6.45) is 1.95. The molecule has 7 heteroatoms. The number of rotatable bonds is 6. The van der Waals surface area contributed by atoms with E-state index in [9.17, 15) is 19.7 Å². The van der Waals surface area contributed by atoms with E-state index >= 15 is 0 Å². The number of Topliss-reactive ketones (excluding diaryl/α,β-unsaturated/α-hetero) is 1. The molecule has 0 unspecified atom stereocenters. The van der Waals surface area contributed by atoms with Crippen molar-refractivity contribution in [1.29, 1.82) is 0 Å². The number of ether oxygens (including phenoxy) is 1. The molecule has 1 aliphatic carbocycles. The second-order valence-electron chi connectivity index (χ2n) is 5.45. The molecule has 0 fully saturated rings. The zero-order valence-corrected chi connectivity index (χ0v) is 13.1. The van der Waals surface area contributed by atoms with Crippen molar-refractivity contribution in [2.45, 2.75) is 32.6 Å². The van der Waals surface area contributed by atoms with E-state index in [0.717, 1.165) is 0 Å². The zero-order valence-electron chi connectivity index (χ0n) is 13.1. The van der Waals surface area contributed by atoms with Gasteiger partial charge in [-0.05, 0) is 32.4 Å². The van der Waals surface area contributed by atoms with Crippen LogP contribution in [0.5, 0.6) is 0 Å². The van der Waals surface area contributed by atoms with Crippen LogP contribution in [0.4, 0.5) is 0 Å². The summed E-state index contributed by atoms with van der Waals surface area (Å²) in [4.78, 5) is 35.0. The summed E-state index contributed by atoms with van der Waals surface area (Å²) >= 11 is 0. The molecule has 0 saturated heterocycles. The van der Waals surface area contributed by atoms with Gasteiger partial charge in [0.25, 0.3) is 0 Å². The lowest BCUT2D eigenvalue weighted by Gasteiger charge is -2.27. The van der Waals surface area contributed by atoms with Gasteiger partial charge in [-0.1, -0.05) is 5.57 Å². The summed E-state index contributed by atoms with van der Waals surface area (Å²) in [6, 6.07) is 3.23. The number of carbonyl (C=O) groups is 2. The highest BCUT2D eigenvalue weighted by Crippen LogP contribution is 2.37. The molecule has 0 N–H and O–H groups in total. The third-order valence-electron chi connectivity index (χ3n) is 4.05. The predicted octanol–water partition coefficient (Wildman–Crippen LogP) is 2.50. The Labute approximate surface area is 133 Å². The number of nitro groups is 1. The van der Waals surface area contributed by atoms with Crippen molar-refractivity contribution in [1.82, 2.24) is 0 Å². The van der Waals surface area contributed by atoms with E-state index in [2.05, 4.69) is 0 Å². The molecule has 23 heavy (non-hydrogen) atoms. The summed E-state index contributed by atoms with van der Waals surface area (Å²) < 4.78 is 10.3. The number of carbonyl (C=O) groups excluding carboxylic acids is 2. The van der Waals surface area contributed by atoms with E-state index in [-0.39, 0.29) is 18.8 Å². The standard InChI is InChI=1S/C16H19NO6/c1-3-22-16(19)11-6-7-13(18)15(10(11)2)12(9-17(20)21)14-5-4-8-23-14/h4-5,8,11-12H,3,6-7,9H2,1-2H3/t11-,12+/m1/s1. The van der Waals surface area contributed by atoms with E-state index in [1.807, 2.05) is 0 Å². The molecule has 124 valence electrons. The van der Waals surface area contributed by atoms with Gasteiger partial charge >= 0.3 is 5.97 Å². The van der Waals surface area contributed by atoms with Gasteiger partial charge in [-0.3, -0.25) is 19.7 Å². The largest absolute Gasteiger partial charge is 0.468 e. The fraction of sp³-hybridized carbons (Fsp3) is 0.500. The first-order valence-corrected chi connectivity index (χ1v) is 7.51. The molecule has 1 aromatic heterocycles. The molecule has 2 rings (SSSR count). The molecule has 0 saturated carbocycles. The molecule has 1 aliphatic rings. The van der Waals surface area contributed by atoms with Crippen LogP contribution in [-0.2, 0) is 14.3 Å². The Bertz CT molecular complexity index is 631. The fourth-order valence-corrected chi connectivity index (χ4v) is 3.00. The van der Waals surface area contributed by atoms with Gasteiger partial charge in [0.15, 0.2) is 5.78 Å². The lowest BCUT2D eigenvalue weighted by molar-refractivity contribution is -0.482. The summed E-state index contributed by atoms with van der Waals surface area (Å²) in [7, 11) is 0. The SMILES string of the molecule is CCOC(=O)[C@@H]1CCC(=O)C([C@@H](C[N+](=O)[O-])c2ccco2)=C1C. The number of nitrogens with zero attached hydrogens (tertiary/aromatic N) is 1. The molecular weight excluding hydrogens is 302 g/mol. The van der Waals surface area contributed by atoms with Crippen molar-refractivity contribution in [3.05, 3.63) is 45.4 Å². The Balaban J connectivity index is 2.44. The van der Waals surface area contributed by atoms with E-state index in [0.29, 0.717) is 23.3 Å². The van der Waals surface area contributed by atoms with E-state index in [1.54, 1.807) is 26.0 Å². The number of hydrogen-bond donors (Lipinski definition) is 0. The van der Waals surface area contributed by atoms with Crippen LogP contribution >= 0.6 is 0 Å². The Morgan fingerprint density at radius 1 is 1.57 bits per heavy atom. The van der Waals surface area contributed by atoms with Crippen LogP contribution < -0.4 is 0 Å². The maximum Gasteiger partial charge on any atom is 0.313 e. The lowest BCUT2D eigenvalue weighted by atomic mass is 9.77. The highest BCUT2D eigenvalue weighted by atomic mass is 16.6. The van der Waals surface area contributed by atoms with Gasteiger partial charge in [0, 0.05) is 16.9 Å². The lowest BCUT2D eigenvalue weighted by Crippen LogP contribution is -2.30. The maximum absolute atomic E-state index is 12.4. The van der Waals surface area contributed by atoms with Gasteiger partial charge in [0.1, 0.15) is 11.7 Å². The van der Waals surface area contributed by atoms with Crippen LogP contribution in [0.2, 0.25) is 0 Å². The van der Waals surface area contributed by atoms with Crippen molar-refractivity contribution < 1.29 is 23.7 Å². The van der Waals surface area contributed by atoms with Crippen LogP contribution in [0.1, 0.15) is 38.4 Å². The Hall–Kier alpha value is -2.44. The molecule has 2 atom stereocenters. The quantitative estimate of drug-likeness (QED) is 0.453. The first kappa shape index (κ1) is 16.9. The van der Waals surface area contributed by atoms with Gasteiger partial charge in [-0.2, -0.15) is 0 Å². The monoisotopic (exact) mass is 321 g/mol. The van der Waals surface area contributed by atoms with Crippen LogP contribution in [0.25, 0.3) is 0 Å². The van der Waals surface area contributed by atoms with Crippen molar-refractivity contribution in [2.75, 3.05) is 13.2 Å². The first-order valence-electron chi connectivity index (χ1n) is 7.51. The highest BCUT2D eigenvalue weighted by molar-refractivity contribution is 6.00. The topological polar surface area (TPSA) is 99.7 Å². The average Bonchev–Trinajstić information content (AvgIpc) is 3.00. The summed E-state index contributed by atoms with van der Waals surface area (Å²) in [5.74, 6) is -1.54. The van der Waals surface area contributed by atoms with E-state index in [4.69, 9.17) is 9.15 Å². The van der Waals surface area contributed by atoms with Gasteiger partial charge < -0.3 is 9.15 Å². The van der Waals surface area contributed by atoms with Crippen molar-refractivity contribution >= 4 is 11.8 Å². The van der Waals surface area contributed by atoms with Gasteiger partial charge in [-0.15, -0.1) is 0 Å². The third kappa shape index (κ3) is 3.67.